The third-order valence-electron chi connectivity index (χ3n) is 5.81. The van der Waals surface area contributed by atoms with Crippen LogP contribution in [0.5, 0.6) is 0 Å². The van der Waals surface area contributed by atoms with Crippen molar-refractivity contribution in [1.29, 1.82) is 0 Å². The van der Waals surface area contributed by atoms with Crippen LogP contribution < -0.4 is 11.5 Å². The zero-order valence-corrected chi connectivity index (χ0v) is 20.9. The van der Waals surface area contributed by atoms with Gasteiger partial charge in [-0.3, -0.25) is 45.3 Å². The molecule has 4 N–H and O–H groups in total. The fourth-order valence-corrected chi connectivity index (χ4v) is 3.71. The van der Waals surface area contributed by atoms with Gasteiger partial charge >= 0.3 is 11.9 Å². The molecule has 1 atom stereocenters. The molecular weight excluding hydrogens is 540 g/mol. The molecule has 0 bridgehead atoms. The number of carbonyl (C=O) groups excluding carboxylic acids is 2. The Morgan fingerprint density at radius 1 is 0.775 bits per heavy atom. The van der Waals surface area contributed by atoms with Crippen LogP contribution in [-0.4, -0.2) is 37.3 Å². The van der Waals surface area contributed by atoms with E-state index in [0.29, 0.717) is 6.42 Å². The van der Waals surface area contributed by atoms with Crippen LogP contribution in [0.3, 0.4) is 0 Å². The summed E-state index contributed by atoms with van der Waals surface area (Å²) in [6.07, 6.45) is 0.624. The molecule has 2 rings (SSSR count). The molecule has 40 heavy (non-hydrogen) atoms. The molecule has 0 amide bonds. The van der Waals surface area contributed by atoms with E-state index >= 15 is 0 Å². The van der Waals surface area contributed by atoms with Crippen LogP contribution in [0.15, 0.2) is 36.4 Å². The van der Waals surface area contributed by atoms with Crippen LogP contribution in [-0.2, 0) is 32.3 Å². The molecule has 0 aliphatic heterocycles. The van der Waals surface area contributed by atoms with E-state index in [9.17, 15) is 50.0 Å². The van der Waals surface area contributed by atoms with Crippen LogP contribution >= 0.6 is 0 Å². The van der Waals surface area contributed by atoms with Crippen molar-refractivity contribution in [2.45, 2.75) is 45.1 Å². The first-order valence-corrected chi connectivity index (χ1v) is 11.5. The lowest BCUT2D eigenvalue weighted by Gasteiger charge is -2.30. The highest BCUT2D eigenvalue weighted by atomic mass is 16.6. The number of nitro groups is 4. The Hall–Kier alpha value is -5.10. The molecule has 0 aliphatic rings. The van der Waals surface area contributed by atoms with Crippen LogP contribution in [0.4, 0.5) is 22.7 Å². The summed E-state index contributed by atoms with van der Waals surface area (Å²) < 4.78 is 10.0. The van der Waals surface area contributed by atoms with Crippen molar-refractivity contribution in [2.75, 3.05) is 0 Å². The van der Waals surface area contributed by atoms with E-state index in [2.05, 4.69) is 0 Å². The summed E-state index contributed by atoms with van der Waals surface area (Å²) in [5.74, 6) is -4.34. The third-order valence-corrected chi connectivity index (χ3v) is 5.81. The van der Waals surface area contributed by atoms with Gasteiger partial charge in [0.25, 0.3) is 22.7 Å². The second kappa shape index (κ2) is 13.1. The molecule has 0 aliphatic carbocycles. The first kappa shape index (κ1) is 31.1. The maximum absolute atomic E-state index is 13.0. The van der Waals surface area contributed by atoms with Crippen molar-refractivity contribution in [1.82, 2.24) is 0 Å². The summed E-state index contributed by atoms with van der Waals surface area (Å²) in [6.45, 7) is -0.178. The summed E-state index contributed by atoms with van der Waals surface area (Å²) in [6, 6.07) is 6.00. The van der Waals surface area contributed by atoms with Crippen molar-refractivity contribution < 1.29 is 38.8 Å². The van der Waals surface area contributed by atoms with Gasteiger partial charge in [0.2, 0.25) is 0 Å². The van der Waals surface area contributed by atoms with Crippen LogP contribution in [0.2, 0.25) is 0 Å². The SMILES string of the molecule is CCCCC(C(=O)OCc1c([N+](=O)[O-])cccc1[N+](=O)[O-])C(N)(N)C(=O)OCc1c([N+](=O)[O-])cccc1[N+](=O)[O-]. The monoisotopic (exact) mass is 564 g/mol. The van der Waals surface area contributed by atoms with Gasteiger partial charge in [-0.15, -0.1) is 0 Å². The highest BCUT2D eigenvalue weighted by Crippen LogP contribution is 2.31. The minimum Gasteiger partial charge on any atom is -0.460 e. The molecule has 1 unspecified atom stereocenters. The fraction of sp³-hybridized carbons (Fsp3) is 0.364. The number of nitro benzene ring substituents is 4. The summed E-state index contributed by atoms with van der Waals surface area (Å²) in [5, 5.41) is 45.3. The van der Waals surface area contributed by atoms with Gasteiger partial charge in [0.15, 0.2) is 5.66 Å². The first-order valence-electron chi connectivity index (χ1n) is 11.5. The molecule has 18 heteroatoms. The third kappa shape index (κ3) is 7.05. The summed E-state index contributed by atoms with van der Waals surface area (Å²) in [7, 11) is 0. The van der Waals surface area contributed by atoms with E-state index in [0.717, 1.165) is 36.4 Å². The topological polar surface area (TPSA) is 277 Å². The molecule has 214 valence electrons. The van der Waals surface area contributed by atoms with E-state index in [-0.39, 0.29) is 12.8 Å². The molecule has 0 aromatic heterocycles. The molecule has 0 spiro atoms. The Bertz CT molecular complexity index is 1280. The van der Waals surface area contributed by atoms with Gasteiger partial charge in [-0.2, -0.15) is 0 Å². The number of nitrogens with zero attached hydrogens (tertiary/aromatic N) is 4. The molecule has 2 aromatic rings. The van der Waals surface area contributed by atoms with Gasteiger partial charge in [-0.25, -0.2) is 4.79 Å². The van der Waals surface area contributed by atoms with Gasteiger partial charge in [0.1, 0.15) is 24.3 Å². The molecule has 2 aromatic carbocycles. The van der Waals surface area contributed by atoms with E-state index in [1.165, 1.54) is 0 Å². The van der Waals surface area contributed by atoms with E-state index in [4.69, 9.17) is 20.9 Å². The lowest BCUT2D eigenvalue weighted by molar-refractivity contribution is -0.396. The smallest absolute Gasteiger partial charge is 0.342 e. The van der Waals surface area contributed by atoms with Gasteiger partial charge in [0.05, 0.1) is 25.6 Å². The number of hydrogen-bond donors (Lipinski definition) is 2. The Labute approximate surface area is 224 Å². The zero-order chi connectivity index (χ0) is 30.2. The number of ether oxygens (including phenoxy) is 2. The average molecular weight is 564 g/mol. The zero-order valence-electron chi connectivity index (χ0n) is 20.9. The van der Waals surface area contributed by atoms with E-state index in [1.807, 2.05) is 0 Å². The Balaban J connectivity index is 2.32. The highest BCUT2D eigenvalue weighted by Gasteiger charge is 2.45. The molecule has 0 saturated heterocycles. The van der Waals surface area contributed by atoms with Crippen LogP contribution in [0, 0.1) is 46.4 Å². The van der Waals surface area contributed by atoms with Crippen LogP contribution in [0.1, 0.15) is 37.3 Å². The molecule has 0 saturated carbocycles. The predicted octanol–water partition coefficient (Wildman–Crippen LogP) is 2.53. The normalized spacial score (nSPS) is 11.8. The maximum atomic E-state index is 13.0. The standard InChI is InChI=1S/C22H24N6O12/c1-2-3-6-15(20(29)39-11-13-16(25(31)32)7-4-8-17(13)26(33)34)22(23,24)21(30)40-12-14-18(27(35)36)9-5-10-19(14)28(37)38/h4-5,7-10,15H,2-3,6,11-12,23-24H2,1H3. The summed E-state index contributed by atoms with van der Waals surface area (Å²) in [4.78, 5) is 67.5. The number of esters is 2. The lowest BCUT2D eigenvalue weighted by Crippen LogP contribution is -2.64. The number of hydrogen-bond acceptors (Lipinski definition) is 14. The molecule has 0 fully saturated rings. The average Bonchev–Trinajstić information content (AvgIpc) is 2.89. The highest BCUT2D eigenvalue weighted by molar-refractivity contribution is 5.88. The van der Waals surface area contributed by atoms with Crippen molar-refractivity contribution in [3.05, 3.63) is 88.0 Å². The number of unbranched alkanes of at least 4 members (excludes halogenated alkanes) is 1. The number of benzene rings is 2. The van der Waals surface area contributed by atoms with Gasteiger partial charge in [-0.1, -0.05) is 19.8 Å². The summed E-state index contributed by atoms with van der Waals surface area (Å²) in [5.41, 5.74) is 5.39. The Morgan fingerprint density at radius 2 is 1.15 bits per heavy atom. The first-order chi connectivity index (χ1) is 18.7. The number of nitrogens with two attached hydrogens (primary N) is 2. The second-order valence-electron chi connectivity index (χ2n) is 8.39. The van der Waals surface area contributed by atoms with Gasteiger partial charge < -0.3 is 20.9 Å². The van der Waals surface area contributed by atoms with Crippen molar-refractivity contribution in [3.63, 3.8) is 0 Å². The number of carbonyl (C=O) groups is 2. The van der Waals surface area contributed by atoms with Crippen molar-refractivity contribution in [2.24, 2.45) is 17.4 Å². The number of rotatable bonds is 14. The van der Waals surface area contributed by atoms with Gasteiger partial charge in [-0.05, 0) is 18.6 Å². The second-order valence-corrected chi connectivity index (χ2v) is 8.39. The molecular formula is C22H24N6O12. The summed E-state index contributed by atoms with van der Waals surface area (Å²) >= 11 is 0. The van der Waals surface area contributed by atoms with E-state index in [1.54, 1.807) is 6.92 Å². The molecule has 18 nitrogen and oxygen atoms in total. The fourth-order valence-electron chi connectivity index (χ4n) is 3.71. The maximum Gasteiger partial charge on any atom is 0.342 e. The Morgan fingerprint density at radius 3 is 1.50 bits per heavy atom. The van der Waals surface area contributed by atoms with Crippen molar-refractivity contribution >= 4 is 34.7 Å². The lowest BCUT2D eigenvalue weighted by atomic mass is 9.89. The van der Waals surface area contributed by atoms with Gasteiger partial charge in [0, 0.05) is 24.3 Å². The van der Waals surface area contributed by atoms with Crippen molar-refractivity contribution in [3.8, 4) is 0 Å². The molecule has 0 radical (unpaired) electrons. The van der Waals surface area contributed by atoms with E-state index < -0.39 is 90.3 Å². The Kier molecular flexibility index (Phi) is 10.2. The largest absolute Gasteiger partial charge is 0.460 e. The quantitative estimate of drug-likeness (QED) is 0.144. The molecule has 0 heterocycles. The minimum absolute atomic E-state index is 0.151. The predicted molar refractivity (Wildman–Crippen MR) is 133 cm³/mol. The minimum atomic E-state index is -2.63. The van der Waals surface area contributed by atoms with Crippen LogP contribution in [0.25, 0.3) is 0 Å².